The summed E-state index contributed by atoms with van der Waals surface area (Å²) in [4.78, 5) is 23.2. The van der Waals surface area contributed by atoms with E-state index >= 15 is 0 Å². The van der Waals surface area contributed by atoms with Gasteiger partial charge in [0.1, 0.15) is 0 Å². The number of carbonyl (C=O) groups excluding carboxylic acids is 1. The van der Waals surface area contributed by atoms with E-state index < -0.39 is 0 Å². The molecular formula is C27H33N3O4S. The second kappa shape index (κ2) is 11.1. The summed E-state index contributed by atoms with van der Waals surface area (Å²) in [6, 6.07) is 12.2. The molecule has 8 heteroatoms. The van der Waals surface area contributed by atoms with Crippen molar-refractivity contribution in [2.45, 2.75) is 26.8 Å². The van der Waals surface area contributed by atoms with Crippen LogP contribution >= 0.6 is 11.3 Å². The quantitative estimate of drug-likeness (QED) is 0.463. The van der Waals surface area contributed by atoms with Gasteiger partial charge in [-0.1, -0.05) is 35.9 Å². The summed E-state index contributed by atoms with van der Waals surface area (Å²) < 4.78 is 16.5. The molecule has 3 aromatic rings. The van der Waals surface area contributed by atoms with Gasteiger partial charge >= 0.3 is 0 Å². The topological polar surface area (TPSA) is 64.1 Å². The standard InChI is InChI=1S/C27H33N3O4S/c1-18-6-8-20(9-7-18)25-23(35-19(2)28-25)16-24(31)30-14-12-29(13-15-30)17-21-10-11-22(32-3)27(34-5)26(21)33-4/h6-11H,12-17H2,1-5H3. The van der Waals surface area contributed by atoms with Gasteiger partial charge in [-0.05, 0) is 19.9 Å². The molecule has 1 aromatic heterocycles. The highest BCUT2D eigenvalue weighted by atomic mass is 32.1. The van der Waals surface area contributed by atoms with Gasteiger partial charge in [0.2, 0.25) is 11.7 Å². The zero-order chi connectivity index (χ0) is 24.9. The number of methoxy groups -OCH3 is 3. The average molecular weight is 496 g/mol. The van der Waals surface area contributed by atoms with Gasteiger partial charge in [0.25, 0.3) is 0 Å². The Labute approximate surface area is 211 Å². The van der Waals surface area contributed by atoms with Gasteiger partial charge < -0.3 is 19.1 Å². The zero-order valence-electron chi connectivity index (χ0n) is 21.1. The third-order valence-electron chi connectivity index (χ3n) is 6.35. The molecule has 35 heavy (non-hydrogen) atoms. The van der Waals surface area contributed by atoms with Crippen molar-refractivity contribution >= 4 is 17.2 Å². The minimum atomic E-state index is 0.158. The SMILES string of the molecule is COc1ccc(CN2CCN(C(=O)Cc3sc(C)nc3-c3ccc(C)cc3)CC2)c(OC)c1OC. The summed E-state index contributed by atoms with van der Waals surface area (Å²) in [6.07, 6.45) is 0.387. The number of carbonyl (C=O) groups is 1. The van der Waals surface area contributed by atoms with Crippen molar-refractivity contribution in [3.8, 4) is 28.5 Å². The van der Waals surface area contributed by atoms with E-state index in [1.54, 1.807) is 32.7 Å². The minimum Gasteiger partial charge on any atom is -0.493 e. The molecule has 0 saturated carbocycles. The molecule has 7 nitrogen and oxygen atoms in total. The molecule has 1 aliphatic rings. The minimum absolute atomic E-state index is 0.158. The highest BCUT2D eigenvalue weighted by Crippen LogP contribution is 2.40. The van der Waals surface area contributed by atoms with Crippen LogP contribution in [0.2, 0.25) is 0 Å². The molecule has 4 rings (SSSR count). The summed E-state index contributed by atoms with van der Waals surface area (Å²) in [5, 5.41) is 0.983. The van der Waals surface area contributed by atoms with E-state index in [2.05, 4.69) is 36.1 Å². The highest BCUT2D eigenvalue weighted by molar-refractivity contribution is 7.12. The fourth-order valence-electron chi connectivity index (χ4n) is 4.46. The first-order valence-corrected chi connectivity index (χ1v) is 12.6. The Morgan fingerprint density at radius 2 is 1.60 bits per heavy atom. The first kappa shape index (κ1) is 25.0. The lowest BCUT2D eigenvalue weighted by molar-refractivity contribution is -0.132. The monoisotopic (exact) mass is 495 g/mol. The van der Waals surface area contributed by atoms with Crippen LogP contribution in [0.25, 0.3) is 11.3 Å². The van der Waals surface area contributed by atoms with E-state index in [0.717, 1.165) is 46.3 Å². The summed E-state index contributed by atoms with van der Waals surface area (Å²) in [5.74, 6) is 2.09. The Bertz CT molecular complexity index is 1170. The van der Waals surface area contributed by atoms with Crippen molar-refractivity contribution in [3.63, 3.8) is 0 Å². The predicted molar refractivity (Wildman–Crippen MR) is 139 cm³/mol. The normalized spacial score (nSPS) is 14.1. The molecular weight excluding hydrogens is 462 g/mol. The molecule has 0 radical (unpaired) electrons. The molecule has 1 fully saturated rings. The van der Waals surface area contributed by atoms with Crippen LogP contribution in [0.15, 0.2) is 36.4 Å². The number of amides is 1. The number of hydrogen-bond donors (Lipinski definition) is 0. The molecule has 1 aliphatic heterocycles. The maximum atomic E-state index is 13.2. The maximum absolute atomic E-state index is 13.2. The van der Waals surface area contributed by atoms with Gasteiger partial charge in [0.05, 0.1) is 38.5 Å². The van der Waals surface area contributed by atoms with Crippen LogP contribution in [0, 0.1) is 13.8 Å². The lowest BCUT2D eigenvalue weighted by Gasteiger charge is -2.35. The number of benzene rings is 2. The molecule has 1 amide bonds. The van der Waals surface area contributed by atoms with Gasteiger partial charge in [-0.2, -0.15) is 0 Å². The molecule has 0 unspecified atom stereocenters. The molecule has 186 valence electrons. The fraction of sp³-hybridized carbons (Fsp3) is 0.407. The molecule has 0 bridgehead atoms. The number of aromatic nitrogens is 1. The molecule has 0 N–H and O–H groups in total. The first-order chi connectivity index (χ1) is 16.9. The number of ether oxygens (including phenoxy) is 3. The maximum Gasteiger partial charge on any atom is 0.227 e. The van der Waals surface area contributed by atoms with E-state index in [0.29, 0.717) is 36.8 Å². The Morgan fingerprint density at radius 1 is 0.914 bits per heavy atom. The van der Waals surface area contributed by atoms with Crippen molar-refractivity contribution in [2.24, 2.45) is 0 Å². The second-order valence-electron chi connectivity index (χ2n) is 8.70. The van der Waals surface area contributed by atoms with Crippen LogP contribution in [-0.2, 0) is 17.8 Å². The van der Waals surface area contributed by atoms with Crippen LogP contribution in [0.1, 0.15) is 21.0 Å². The van der Waals surface area contributed by atoms with Gasteiger partial charge in [0, 0.05) is 48.7 Å². The van der Waals surface area contributed by atoms with Gasteiger partial charge in [-0.25, -0.2) is 4.98 Å². The Kier molecular flexibility index (Phi) is 7.93. The third-order valence-corrected chi connectivity index (χ3v) is 7.32. The molecule has 0 spiro atoms. The average Bonchev–Trinajstić information content (AvgIpc) is 3.24. The van der Waals surface area contributed by atoms with Gasteiger partial charge in [-0.3, -0.25) is 9.69 Å². The van der Waals surface area contributed by atoms with E-state index in [1.165, 1.54) is 5.56 Å². The Hall–Kier alpha value is -3.10. The van der Waals surface area contributed by atoms with Crippen LogP contribution in [0.3, 0.4) is 0 Å². The van der Waals surface area contributed by atoms with Crippen LogP contribution in [-0.4, -0.2) is 68.2 Å². The Balaban J connectivity index is 1.39. The number of nitrogens with zero attached hydrogens (tertiary/aromatic N) is 3. The van der Waals surface area contributed by atoms with Crippen LogP contribution in [0.5, 0.6) is 17.2 Å². The third kappa shape index (κ3) is 5.60. The largest absolute Gasteiger partial charge is 0.493 e. The number of hydrogen-bond acceptors (Lipinski definition) is 7. The van der Waals surface area contributed by atoms with Crippen molar-refractivity contribution < 1.29 is 19.0 Å². The van der Waals surface area contributed by atoms with E-state index in [4.69, 9.17) is 19.2 Å². The number of aryl methyl sites for hydroxylation is 2. The summed E-state index contributed by atoms with van der Waals surface area (Å²) in [6.45, 7) is 7.79. The number of thiazole rings is 1. The number of piperazine rings is 1. The molecule has 0 atom stereocenters. The summed E-state index contributed by atoms with van der Waals surface area (Å²) in [7, 11) is 4.87. The number of rotatable bonds is 8. The van der Waals surface area contributed by atoms with E-state index in [9.17, 15) is 4.79 Å². The molecule has 2 aromatic carbocycles. The van der Waals surface area contributed by atoms with Crippen molar-refractivity contribution in [1.82, 2.24) is 14.8 Å². The highest BCUT2D eigenvalue weighted by Gasteiger charge is 2.25. The summed E-state index contributed by atoms with van der Waals surface area (Å²) in [5.41, 5.74) is 4.24. The lowest BCUT2D eigenvalue weighted by atomic mass is 10.1. The lowest BCUT2D eigenvalue weighted by Crippen LogP contribution is -2.48. The van der Waals surface area contributed by atoms with Crippen LogP contribution < -0.4 is 14.2 Å². The fourth-order valence-corrected chi connectivity index (χ4v) is 5.41. The first-order valence-electron chi connectivity index (χ1n) is 11.7. The molecule has 0 aliphatic carbocycles. The molecule has 1 saturated heterocycles. The summed E-state index contributed by atoms with van der Waals surface area (Å²) >= 11 is 1.61. The van der Waals surface area contributed by atoms with E-state index in [1.807, 2.05) is 24.0 Å². The van der Waals surface area contributed by atoms with E-state index in [-0.39, 0.29) is 5.91 Å². The van der Waals surface area contributed by atoms with Gasteiger partial charge in [0.15, 0.2) is 11.5 Å². The molecule has 2 heterocycles. The second-order valence-corrected chi connectivity index (χ2v) is 9.99. The van der Waals surface area contributed by atoms with Gasteiger partial charge in [-0.15, -0.1) is 11.3 Å². The van der Waals surface area contributed by atoms with Crippen molar-refractivity contribution in [3.05, 3.63) is 57.4 Å². The predicted octanol–water partition coefficient (Wildman–Crippen LogP) is 4.34. The zero-order valence-corrected chi connectivity index (χ0v) is 21.9. The van der Waals surface area contributed by atoms with Crippen molar-refractivity contribution in [1.29, 1.82) is 0 Å². The van der Waals surface area contributed by atoms with Crippen LogP contribution in [0.4, 0.5) is 0 Å². The van der Waals surface area contributed by atoms with Crippen molar-refractivity contribution in [2.75, 3.05) is 47.5 Å². The Morgan fingerprint density at radius 3 is 2.23 bits per heavy atom. The smallest absolute Gasteiger partial charge is 0.227 e.